The first-order chi connectivity index (χ1) is 11.1. The quantitative estimate of drug-likeness (QED) is 0.459. The smallest absolute Gasteiger partial charge is 0.306 e. The van der Waals surface area contributed by atoms with Crippen molar-refractivity contribution in [1.29, 1.82) is 0 Å². The van der Waals surface area contributed by atoms with Crippen LogP contribution in [0.25, 0.3) is 0 Å². The lowest BCUT2D eigenvalue weighted by atomic mass is 10.1. The van der Waals surface area contributed by atoms with Gasteiger partial charge in [-0.05, 0) is 19.3 Å². The number of carbonyl (C=O) groups is 2. The van der Waals surface area contributed by atoms with Gasteiger partial charge in [-0.2, -0.15) is 0 Å². The highest BCUT2D eigenvalue weighted by Crippen LogP contribution is 2.22. The van der Waals surface area contributed by atoms with Crippen LogP contribution in [0.5, 0.6) is 0 Å². The lowest BCUT2D eigenvalue weighted by Crippen LogP contribution is -2.39. The van der Waals surface area contributed by atoms with Crippen LogP contribution in [0.3, 0.4) is 0 Å². The third-order valence-electron chi connectivity index (χ3n) is 3.69. The Morgan fingerprint density at radius 2 is 1.78 bits per heavy atom. The van der Waals surface area contributed by atoms with Gasteiger partial charge in [0.1, 0.15) is 6.10 Å². The number of hydrogen-bond donors (Lipinski definition) is 1. The van der Waals surface area contributed by atoms with Crippen LogP contribution >= 0.6 is 0 Å². The van der Waals surface area contributed by atoms with Crippen LogP contribution in [0.15, 0.2) is 0 Å². The van der Waals surface area contributed by atoms with Gasteiger partial charge >= 0.3 is 11.9 Å². The fourth-order valence-electron chi connectivity index (χ4n) is 2.38. The number of carbonyl (C=O) groups excluding carboxylic acids is 2. The molecule has 23 heavy (non-hydrogen) atoms. The van der Waals surface area contributed by atoms with Crippen LogP contribution in [0.1, 0.15) is 51.9 Å². The topological polar surface area (TPSA) is 82.1 Å². The van der Waals surface area contributed by atoms with Crippen LogP contribution in [-0.4, -0.2) is 55.2 Å². The molecule has 0 saturated carbocycles. The van der Waals surface area contributed by atoms with Crippen molar-refractivity contribution >= 4 is 11.9 Å². The minimum atomic E-state index is -0.812. The lowest BCUT2D eigenvalue weighted by Gasteiger charge is -2.22. The van der Waals surface area contributed by atoms with Crippen LogP contribution < -0.4 is 0 Å². The number of halogens is 1. The number of aliphatic hydroxyl groups is 1. The summed E-state index contributed by atoms with van der Waals surface area (Å²) in [5.41, 5.74) is 0. The maximum Gasteiger partial charge on any atom is 0.306 e. The number of aliphatic hydroxyl groups excluding tert-OH is 1. The molecule has 0 aromatic rings. The number of unbranched alkanes of at least 4 members (excludes halogenated alkanes) is 3. The average Bonchev–Trinajstić information content (AvgIpc) is 2.89. The van der Waals surface area contributed by atoms with Gasteiger partial charge in [-0.3, -0.25) is 14.0 Å². The van der Waals surface area contributed by atoms with E-state index in [1.54, 1.807) is 0 Å². The van der Waals surface area contributed by atoms with Gasteiger partial charge < -0.3 is 19.3 Å². The van der Waals surface area contributed by atoms with E-state index >= 15 is 0 Å². The second kappa shape index (κ2) is 11.3. The Labute approximate surface area is 136 Å². The number of ether oxygens (including phenoxy) is 3. The Hall–Kier alpha value is -1.21. The molecular formula is C16H27FO6. The van der Waals surface area contributed by atoms with Crippen molar-refractivity contribution in [3.8, 4) is 0 Å². The summed E-state index contributed by atoms with van der Waals surface area (Å²) < 4.78 is 27.9. The third-order valence-corrected chi connectivity index (χ3v) is 3.69. The molecule has 1 fully saturated rings. The Bertz CT molecular complexity index is 362. The lowest BCUT2D eigenvalue weighted by molar-refractivity contribution is -0.166. The van der Waals surface area contributed by atoms with Crippen LogP contribution in [0.4, 0.5) is 4.39 Å². The highest BCUT2D eigenvalue weighted by molar-refractivity contribution is 5.70. The van der Waals surface area contributed by atoms with E-state index in [9.17, 15) is 19.1 Å². The third kappa shape index (κ3) is 7.26. The maximum absolute atomic E-state index is 12.0. The largest absolute Gasteiger partial charge is 0.456 e. The molecule has 0 spiro atoms. The van der Waals surface area contributed by atoms with Crippen molar-refractivity contribution in [2.24, 2.45) is 0 Å². The second-order valence-electron chi connectivity index (χ2n) is 5.64. The highest BCUT2D eigenvalue weighted by atomic mass is 19.1. The number of esters is 2. The molecule has 0 amide bonds. The normalized spacial score (nSPS) is 23.7. The van der Waals surface area contributed by atoms with Crippen molar-refractivity contribution in [2.75, 3.05) is 19.9 Å². The highest BCUT2D eigenvalue weighted by Gasteiger charge is 2.42. The van der Waals surface area contributed by atoms with Crippen LogP contribution in [-0.2, 0) is 23.8 Å². The van der Waals surface area contributed by atoms with E-state index in [1.165, 1.54) is 0 Å². The van der Waals surface area contributed by atoms with Gasteiger partial charge in [0.05, 0.1) is 19.9 Å². The average molecular weight is 334 g/mol. The summed E-state index contributed by atoms with van der Waals surface area (Å²) in [4.78, 5) is 23.5. The van der Waals surface area contributed by atoms with E-state index in [4.69, 9.17) is 14.2 Å². The molecule has 1 aliphatic heterocycles. The summed E-state index contributed by atoms with van der Waals surface area (Å²) in [7, 11) is 0. The summed E-state index contributed by atoms with van der Waals surface area (Å²) in [6, 6.07) is 0. The Kier molecular flexibility index (Phi) is 9.78. The molecular weight excluding hydrogens is 307 g/mol. The van der Waals surface area contributed by atoms with E-state index in [-0.39, 0.29) is 25.6 Å². The van der Waals surface area contributed by atoms with E-state index in [1.807, 2.05) is 6.92 Å². The molecule has 1 N–H and O–H groups in total. The van der Waals surface area contributed by atoms with Gasteiger partial charge in [0.15, 0.2) is 12.2 Å². The number of hydrogen-bond acceptors (Lipinski definition) is 6. The molecule has 0 bridgehead atoms. The van der Waals surface area contributed by atoms with Gasteiger partial charge in [0, 0.05) is 12.8 Å². The van der Waals surface area contributed by atoms with E-state index in [2.05, 4.69) is 0 Å². The predicted molar refractivity (Wildman–Crippen MR) is 80.6 cm³/mol. The minimum Gasteiger partial charge on any atom is -0.456 e. The summed E-state index contributed by atoms with van der Waals surface area (Å²) in [6.45, 7) is 1.33. The first kappa shape index (κ1) is 19.8. The molecule has 0 aliphatic carbocycles. The summed E-state index contributed by atoms with van der Waals surface area (Å²) in [5, 5.41) is 9.28. The molecule has 0 aromatic carbocycles. The van der Waals surface area contributed by atoms with Gasteiger partial charge in [-0.1, -0.05) is 19.8 Å². The molecule has 0 unspecified atom stereocenters. The Balaban J connectivity index is 2.46. The molecule has 1 heterocycles. The van der Waals surface area contributed by atoms with E-state index < -0.39 is 31.0 Å². The molecule has 134 valence electrons. The Morgan fingerprint density at radius 3 is 2.39 bits per heavy atom. The molecule has 1 rings (SSSR count). The first-order valence-corrected chi connectivity index (χ1v) is 8.29. The fraction of sp³-hybridized carbons (Fsp3) is 0.875. The monoisotopic (exact) mass is 334 g/mol. The van der Waals surface area contributed by atoms with Crippen molar-refractivity contribution in [1.82, 2.24) is 0 Å². The minimum absolute atomic E-state index is 0.0904. The molecule has 1 aliphatic rings. The molecule has 7 heteroatoms. The van der Waals surface area contributed by atoms with E-state index in [0.29, 0.717) is 19.3 Å². The van der Waals surface area contributed by atoms with Crippen molar-refractivity contribution in [2.45, 2.75) is 70.2 Å². The fourth-order valence-corrected chi connectivity index (χ4v) is 2.38. The first-order valence-electron chi connectivity index (χ1n) is 8.29. The summed E-state index contributed by atoms with van der Waals surface area (Å²) in [5.74, 6) is -0.858. The number of alkyl halides is 1. The van der Waals surface area contributed by atoms with Crippen LogP contribution in [0, 0.1) is 0 Å². The van der Waals surface area contributed by atoms with Gasteiger partial charge in [0.25, 0.3) is 0 Å². The predicted octanol–water partition coefficient (Wildman–Crippen LogP) is 1.92. The van der Waals surface area contributed by atoms with Crippen molar-refractivity contribution < 1.29 is 33.3 Å². The second-order valence-corrected chi connectivity index (χ2v) is 5.64. The molecule has 6 nitrogen and oxygen atoms in total. The maximum atomic E-state index is 12.0. The summed E-state index contributed by atoms with van der Waals surface area (Å²) in [6.07, 6.45) is 1.59. The zero-order valence-corrected chi connectivity index (χ0v) is 13.7. The molecule has 3 atom stereocenters. The molecule has 0 aromatic heterocycles. The van der Waals surface area contributed by atoms with E-state index in [0.717, 1.165) is 19.3 Å². The zero-order valence-electron chi connectivity index (χ0n) is 13.7. The van der Waals surface area contributed by atoms with Gasteiger partial charge in [-0.15, -0.1) is 0 Å². The van der Waals surface area contributed by atoms with Crippen LogP contribution in [0.2, 0.25) is 0 Å². The number of rotatable bonds is 11. The van der Waals surface area contributed by atoms with Gasteiger partial charge in [0.2, 0.25) is 0 Å². The van der Waals surface area contributed by atoms with Crippen molar-refractivity contribution in [3.05, 3.63) is 0 Å². The molecule has 1 saturated heterocycles. The Morgan fingerprint density at radius 1 is 1.13 bits per heavy atom. The SMILES string of the molecule is CCCCCC(=O)O[C@H]1CO[C@@H](CO)[C@@H]1OC(=O)CCCCF. The summed E-state index contributed by atoms with van der Waals surface area (Å²) >= 11 is 0. The van der Waals surface area contributed by atoms with Crippen molar-refractivity contribution in [3.63, 3.8) is 0 Å². The molecule has 0 radical (unpaired) electrons. The van der Waals surface area contributed by atoms with Gasteiger partial charge in [-0.25, -0.2) is 0 Å². The standard InChI is InChI=1S/C16H27FO6/c1-2-3-4-7-14(19)22-13-11-21-12(10-18)16(13)23-15(20)8-5-6-9-17/h12-13,16,18H,2-11H2,1H3/t12-,13-,16-/m0/s1. The zero-order chi connectivity index (χ0) is 17.1.